The highest BCUT2D eigenvalue weighted by Gasteiger charge is 2.18. The van der Waals surface area contributed by atoms with Crippen LogP contribution in [0.5, 0.6) is 11.5 Å². The number of rotatable bonds is 5. The minimum atomic E-state index is -3.62. The first kappa shape index (κ1) is 14.7. The van der Waals surface area contributed by atoms with Crippen molar-refractivity contribution in [2.75, 3.05) is 18.9 Å². The number of nitrogens with one attached hydrogen (secondary N) is 1. The van der Waals surface area contributed by atoms with Crippen LogP contribution in [0, 0.1) is 6.92 Å². The molecule has 0 spiro atoms. The van der Waals surface area contributed by atoms with E-state index in [-0.39, 0.29) is 4.21 Å². The predicted molar refractivity (Wildman–Crippen MR) is 79.4 cm³/mol. The van der Waals surface area contributed by atoms with E-state index in [9.17, 15) is 8.42 Å². The molecule has 2 aromatic rings. The van der Waals surface area contributed by atoms with Gasteiger partial charge in [0.2, 0.25) is 0 Å². The van der Waals surface area contributed by atoms with Crippen molar-refractivity contribution in [2.24, 2.45) is 0 Å². The van der Waals surface area contributed by atoms with E-state index in [1.54, 1.807) is 30.3 Å². The molecule has 0 aliphatic carbocycles. The van der Waals surface area contributed by atoms with Gasteiger partial charge in [0.25, 0.3) is 10.0 Å². The van der Waals surface area contributed by atoms with Gasteiger partial charge in [0, 0.05) is 10.9 Å². The van der Waals surface area contributed by atoms with Crippen LogP contribution in [0.25, 0.3) is 0 Å². The van der Waals surface area contributed by atoms with E-state index in [1.165, 1.54) is 25.6 Å². The molecular formula is C13H15NO4S2. The summed E-state index contributed by atoms with van der Waals surface area (Å²) in [6.07, 6.45) is 0. The van der Waals surface area contributed by atoms with Crippen molar-refractivity contribution >= 4 is 27.0 Å². The second-order valence-electron chi connectivity index (χ2n) is 4.04. The minimum Gasteiger partial charge on any atom is -0.497 e. The van der Waals surface area contributed by atoms with E-state index in [1.807, 2.05) is 6.92 Å². The molecule has 0 saturated carbocycles. The van der Waals surface area contributed by atoms with E-state index in [0.717, 1.165) is 4.88 Å². The topological polar surface area (TPSA) is 64.6 Å². The maximum atomic E-state index is 12.3. The summed E-state index contributed by atoms with van der Waals surface area (Å²) in [6.45, 7) is 1.86. The van der Waals surface area contributed by atoms with Gasteiger partial charge in [-0.1, -0.05) is 0 Å². The Hall–Kier alpha value is -1.73. The van der Waals surface area contributed by atoms with Crippen molar-refractivity contribution in [2.45, 2.75) is 11.1 Å². The maximum Gasteiger partial charge on any atom is 0.271 e. The lowest BCUT2D eigenvalue weighted by molar-refractivity contribution is 0.405. The van der Waals surface area contributed by atoms with Gasteiger partial charge in [-0.05, 0) is 31.2 Å². The van der Waals surface area contributed by atoms with Crippen LogP contribution in [0.2, 0.25) is 0 Å². The Morgan fingerprint density at radius 2 is 1.85 bits per heavy atom. The van der Waals surface area contributed by atoms with Crippen LogP contribution < -0.4 is 14.2 Å². The summed E-state index contributed by atoms with van der Waals surface area (Å²) in [6, 6.07) is 8.27. The van der Waals surface area contributed by atoms with Crippen molar-refractivity contribution in [3.8, 4) is 11.5 Å². The fraction of sp³-hybridized carbons (Fsp3) is 0.231. The first-order valence-corrected chi connectivity index (χ1v) is 8.07. The Labute approximate surface area is 122 Å². The summed E-state index contributed by atoms with van der Waals surface area (Å²) in [5.74, 6) is 0.980. The number of sulfonamides is 1. The van der Waals surface area contributed by atoms with Crippen molar-refractivity contribution in [1.82, 2.24) is 0 Å². The summed E-state index contributed by atoms with van der Waals surface area (Å²) in [7, 11) is -0.619. The van der Waals surface area contributed by atoms with Gasteiger partial charge in [-0.25, -0.2) is 8.42 Å². The van der Waals surface area contributed by atoms with Gasteiger partial charge >= 0.3 is 0 Å². The lowest BCUT2D eigenvalue weighted by atomic mass is 10.3. The molecule has 0 atom stereocenters. The van der Waals surface area contributed by atoms with E-state index in [2.05, 4.69) is 4.72 Å². The maximum absolute atomic E-state index is 12.3. The van der Waals surface area contributed by atoms with E-state index in [0.29, 0.717) is 17.2 Å². The number of aryl methyl sites for hydroxylation is 1. The van der Waals surface area contributed by atoms with Crippen LogP contribution in [0.15, 0.2) is 34.5 Å². The molecule has 1 heterocycles. The monoisotopic (exact) mass is 313 g/mol. The Morgan fingerprint density at radius 3 is 2.40 bits per heavy atom. The highest BCUT2D eigenvalue weighted by Crippen LogP contribution is 2.32. The largest absolute Gasteiger partial charge is 0.497 e. The molecule has 0 amide bonds. The third-order valence-electron chi connectivity index (χ3n) is 2.63. The zero-order valence-corrected chi connectivity index (χ0v) is 13.0. The summed E-state index contributed by atoms with van der Waals surface area (Å²) < 4.78 is 37.6. The van der Waals surface area contributed by atoms with Crippen LogP contribution in [0.3, 0.4) is 0 Å². The summed E-state index contributed by atoms with van der Waals surface area (Å²) in [4.78, 5) is 0.933. The number of hydrogen-bond acceptors (Lipinski definition) is 5. The standard InChI is InChI=1S/C13H15NO4S2/c1-9-4-7-13(19-9)20(15,16)14-11-8-10(17-2)5-6-12(11)18-3/h4-8,14H,1-3H3. The molecule has 2 rings (SSSR count). The number of anilines is 1. The fourth-order valence-corrected chi connectivity index (χ4v) is 3.99. The highest BCUT2D eigenvalue weighted by molar-refractivity contribution is 7.94. The van der Waals surface area contributed by atoms with Gasteiger partial charge in [0.15, 0.2) is 0 Å². The molecule has 0 fully saturated rings. The Kier molecular flexibility index (Phi) is 4.20. The number of methoxy groups -OCH3 is 2. The summed E-state index contributed by atoms with van der Waals surface area (Å²) in [5.41, 5.74) is 0.345. The van der Waals surface area contributed by atoms with Gasteiger partial charge in [0.05, 0.1) is 19.9 Å². The molecular weight excluding hydrogens is 298 g/mol. The first-order chi connectivity index (χ1) is 9.46. The number of hydrogen-bond donors (Lipinski definition) is 1. The van der Waals surface area contributed by atoms with Crippen LogP contribution in [0.4, 0.5) is 5.69 Å². The van der Waals surface area contributed by atoms with Crippen LogP contribution in [0.1, 0.15) is 4.88 Å². The molecule has 0 bridgehead atoms. The van der Waals surface area contributed by atoms with Crippen molar-refractivity contribution in [3.63, 3.8) is 0 Å². The zero-order valence-electron chi connectivity index (χ0n) is 11.3. The average Bonchev–Trinajstić information content (AvgIpc) is 2.86. The van der Waals surface area contributed by atoms with Crippen LogP contribution in [-0.4, -0.2) is 22.6 Å². The molecule has 0 aliphatic heterocycles. The van der Waals surface area contributed by atoms with Gasteiger partial charge in [-0.15, -0.1) is 11.3 Å². The minimum absolute atomic E-state index is 0.264. The number of ether oxygens (including phenoxy) is 2. The van der Waals surface area contributed by atoms with Gasteiger partial charge in [-0.3, -0.25) is 4.72 Å². The zero-order chi connectivity index (χ0) is 14.8. The summed E-state index contributed by atoms with van der Waals surface area (Å²) >= 11 is 1.21. The Balaban J connectivity index is 2.38. The quantitative estimate of drug-likeness (QED) is 0.922. The third kappa shape index (κ3) is 3.05. The van der Waals surface area contributed by atoms with Crippen molar-refractivity contribution in [1.29, 1.82) is 0 Å². The highest BCUT2D eigenvalue weighted by atomic mass is 32.2. The van der Waals surface area contributed by atoms with Crippen LogP contribution >= 0.6 is 11.3 Å². The molecule has 0 radical (unpaired) electrons. The molecule has 7 heteroatoms. The number of thiophene rings is 1. The van der Waals surface area contributed by atoms with Gasteiger partial charge in [-0.2, -0.15) is 0 Å². The first-order valence-electron chi connectivity index (χ1n) is 5.77. The molecule has 1 aromatic heterocycles. The van der Waals surface area contributed by atoms with Crippen molar-refractivity contribution in [3.05, 3.63) is 35.2 Å². The summed E-state index contributed by atoms with van der Waals surface area (Å²) in [5, 5.41) is 0. The van der Waals surface area contributed by atoms with E-state index in [4.69, 9.17) is 9.47 Å². The molecule has 0 aliphatic rings. The second kappa shape index (κ2) is 5.72. The Bertz CT molecular complexity index is 707. The van der Waals surface area contributed by atoms with Crippen molar-refractivity contribution < 1.29 is 17.9 Å². The Morgan fingerprint density at radius 1 is 1.10 bits per heavy atom. The second-order valence-corrected chi connectivity index (χ2v) is 7.23. The lowest BCUT2D eigenvalue weighted by Gasteiger charge is -2.12. The molecule has 20 heavy (non-hydrogen) atoms. The predicted octanol–water partition coefficient (Wildman–Crippen LogP) is 2.87. The average molecular weight is 313 g/mol. The van der Waals surface area contributed by atoms with Gasteiger partial charge < -0.3 is 9.47 Å². The molecule has 108 valence electrons. The van der Waals surface area contributed by atoms with Gasteiger partial charge in [0.1, 0.15) is 15.7 Å². The lowest BCUT2D eigenvalue weighted by Crippen LogP contribution is -2.12. The third-order valence-corrected chi connectivity index (χ3v) is 5.49. The normalized spacial score (nSPS) is 11.2. The molecule has 5 nitrogen and oxygen atoms in total. The fourth-order valence-electron chi connectivity index (χ4n) is 1.65. The SMILES string of the molecule is COc1ccc(OC)c(NS(=O)(=O)c2ccc(C)s2)c1. The smallest absolute Gasteiger partial charge is 0.271 e. The molecule has 1 aromatic carbocycles. The van der Waals surface area contributed by atoms with E-state index >= 15 is 0 Å². The van der Waals surface area contributed by atoms with E-state index < -0.39 is 10.0 Å². The molecule has 0 saturated heterocycles. The molecule has 1 N–H and O–H groups in total. The molecule has 0 unspecified atom stereocenters. The number of benzene rings is 1. The van der Waals surface area contributed by atoms with Crippen LogP contribution in [-0.2, 0) is 10.0 Å².